The van der Waals surface area contributed by atoms with Crippen LogP contribution in [0.25, 0.3) is 0 Å². The first-order chi connectivity index (χ1) is 9.31. The largest absolute Gasteiger partial charge is 0.235 e. The van der Waals surface area contributed by atoms with E-state index in [-0.39, 0.29) is 0 Å². The number of aliphatic imine (C=N–C) groups is 1. The first kappa shape index (κ1) is 12.8. The van der Waals surface area contributed by atoms with E-state index < -0.39 is 0 Å². The Kier molecular flexibility index (Phi) is 3.95. The second-order valence-corrected chi connectivity index (χ2v) is 6.76. The van der Waals surface area contributed by atoms with Crippen molar-refractivity contribution in [3.05, 3.63) is 65.2 Å². The van der Waals surface area contributed by atoms with E-state index in [0.717, 1.165) is 17.2 Å². The molecule has 0 spiro atoms. The molecular weight excluding hydrogens is 270 g/mol. The molecule has 0 radical (unpaired) electrons. The number of hydrogen-bond donors (Lipinski definition) is 0. The van der Waals surface area contributed by atoms with Crippen LogP contribution in [0, 0.1) is 6.92 Å². The van der Waals surface area contributed by atoms with Crippen LogP contribution in [0.1, 0.15) is 16.7 Å². The van der Waals surface area contributed by atoms with Gasteiger partial charge in [-0.25, -0.2) is 4.99 Å². The predicted octanol–water partition coefficient (Wildman–Crippen LogP) is 5.16. The van der Waals surface area contributed by atoms with Gasteiger partial charge in [-0.3, -0.25) is 0 Å². The molecular formula is C16H15NS2. The number of rotatable bonds is 2. The van der Waals surface area contributed by atoms with Crippen molar-refractivity contribution in [2.24, 2.45) is 4.99 Å². The predicted molar refractivity (Wildman–Crippen MR) is 87.3 cm³/mol. The zero-order valence-corrected chi connectivity index (χ0v) is 12.4. The molecule has 1 aliphatic rings. The molecule has 3 heteroatoms. The molecule has 2 aromatic rings. The Labute approximate surface area is 122 Å². The van der Waals surface area contributed by atoms with Gasteiger partial charge in [0.1, 0.15) is 4.38 Å². The van der Waals surface area contributed by atoms with Crippen LogP contribution >= 0.6 is 23.5 Å². The lowest BCUT2D eigenvalue weighted by molar-refractivity contribution is 1.36. The zero-order chi connectivity index (χ0) is 13.1. The van der Waals surface area contributed by atoms with Crippen molar-refractivity contribution in [1.82, 2.24) is 0 Å². The maximum Gasteiger partial charge on any atom is 0.131 e. The van der Waals surface area contributed by atoms with Crippen LogP contribution in [-0.2, 0) is 11.5 Å². The average molecular weight is 285 g/mol. The van der Waals surface area contributed by atoms with Gasteiger partial charge >= 0.3 is 0 Å². The van der Waals surface area contributed by atoms with Crippen LogP contribution in [0.15, 0.2) is 53.5 Å². The molecule has 0 amide bonds. The maximum atomic E-state index is 4.72. The summed E-state index contributed by atoms with van der Waals surface area (Å²) in [7, 11) is 0. The fourth-order valence-corrected chi connectivity index (χ4v) is 3.93. The van der Waals surface area contributed by atoms with Crippen LogP contribution < -0.4 is 0 Å². The Bertz CT molecular complexity index is 602. The van der Waals surface area contributed by atoms with E-state index >= 15 is 0 Å². The summed E-state index contributed by atoms with van der Waals surface area (Å²) in [6, 6.07) is 17.1. The molecule has 3 rings (SSSR count). The molecule has 1 nitrogen and oxygen atoms in total. The first-order valence-corrected chi connectivity index (χ1v) is 8.26. The van der Waals surface area contributed by atoms with E-state index in [0.29, 0.717) is 0 Å². The molecule has 0 saturated heterocycles. The van der Waals surface area contributed by atoms with Crippen molar-refractivity contribution in [3.8, 4) is 0 Å². The smallest absolute Gasteiger partial charge is 0.131 e. The monoisotopic (exact) mass is 285 g/mol. The second-order valence-electron chi connectivity index (χ2n) is 4.57. The summed E-state index contributed by atoms with van der Waals surface area (Å²) < 4.78 is 1.18. The minimum atomic E-state index is 0.994. The van der Waals surface area contributed by atoms with Crippen LogP contribution in [0.5, 0.6) is 0 Å². The van der Waals surface area contributed by atoms with Crippen LogP contribution in [0.3, 0.4) is 0 Å². The average Bonchev–Trinajstić information content (AvgIpc) is 2.46. The first-order valence-electron chi connectivity index (χ1n) is 6.29. The quantitative estimate of drug-likeness (QED) is 0.755. The fourth-order valence-electron chi connectivity index (χ4n) is 1.92. The van der Waals surface area contributed by atoms with Crippen molar-refractivity contribution >= 4 is 33.6 Å². The lowest BCUT2D eigenvalue weighted by Gasteiger charge is -2.14. The Morgan fingerprint density at radius 2 is 1.89 bits per heavy atom. The normalized spacial score (nSPS) is 13.8. The SMILES string of the molecule is Cc1ccc(CSC2=Nc3ccccc3CS2)cc1. The second kappa shape index (κ2) is 5.85. The van der Waals surface area contributed by atoms with Gasteiger partial charge < -0.3 is 0 Å². The number of nitrogens with zero attached hydrogens (tertiary/aromatic N) is 1. The third-order valence-corrected chi connectivity index (χ3v) is 5.35. The van der Waals surface area contributed by atoms with Crippen LogP contribution in [-0.4, -0.2) is 4.38 Å². The summed E-state index contributed by atoms with van der Waals surface area (Å²) in [5, 5.41) is 0. The van der Waals surface area contributed by atoms with E-state index in [4.69, 9.17) is 4.99 Å². The highest BCUT2D eigenvalue weighted by Crippen LogP contribution is 2.35. The van der Waals surface area contributed by atoms with Gasteiger partial charge in [0.25, 0.3) is 0 Å². The van der Waals surface area contributed by atoms with E-state index in [1.807, 2.05) is 23.5 Å². The molecule has 1 heterocycles. The molecule has 19 heavy (non-hydrogen) atoms. The van der Waals surface area contributed by atoms with Gasteiger partial charge in [0.15, 0.2) is 0 Å². The Morgan fingerprint density at radius 3 is 2.74 bits per heavy atom. The summed E-state index contributed by atoms with van der Waals surface area (Å²) in [6.45, 7) is 2.12. The molecule has 0 atom stereocenters. The van der Waals surface area contributed by atoms with E-state index in [9.17, 15) is 0 Å². The molecule has 96 valence electrons. The fraction of sp³-hybridized carbons (Fsp3) is 0.188. The standard InChI is InChI=1S/C16H15NS2/c1-12-6-8-13(9-7-12)10-18-16-17-15-5-3-2-4-14(15)11-19-16/h2-9H,10-11H2,1H3. The van der Waals surface area contributed by atoms with Gasteiger partial charge in [0.2, 0.25) is 0 Å². The lowest BCUT2D eigenvalue weighted by atomic mass is 10.2. The summed E-state index contributed by atoms with van der Waals surface area (Å²) in [4.78, 5) is 4.72. The number of aryl methyl sites for hydroxylation is 1. The van der Waals surface area contributed by atoms with E-state index in [2.05, 4.69) is 55.5 Å². The number of hydrogen-bond acceptors (Lipinski definition) is 3. The summed E-state index contributed by atoms with van der Waals surface area (Å²) in [6.07, 6.45) is 0. The van der Waals surface area contributed by atoms with Gasteiger partial charge in [0.05, 0.1) is 5.69 Å². The third-order valence-electron chi connectivity index (χ3n) is 3.04. The van der Waals surface area contributed by atoms with Crippen molar-refractivity contribution in [1.29, 1.82) is 0 Å². The minimum Gasteiger partial charge on any atom is -0.235 e. The number of thioether (sulfide) groups is 2. The summed E-state index contributed by atoms with van der Waals surface area (Å²) in [5.41, 5.74) is 5.14. The maximum absolute atomic E-state index is 4.72. The Hall–Kier alpha value is -1.19. The van der Waals surface area contributed by atoms with Crippen molar-refractivity contribution in [2.45, 2.75) is 18.4 Å². The van der Waals surface area contributed by atoms with Crippen molar-refractivity contribution in [3.63, 3.8) is 0 Å². The van der Waals surface area contributed by atoms with E-state index in [1.165, 1.54) is 21.1 Å². The summed E-state index contributed by atoms with van der Waals surface area (Å²) >= 11 is 3.67. The van der Waals surface area contributed by atoms with Gasteiger partial charge in [-0.1, -0.05) is 71.6 Å². The molecule has 1 aliphatic heterocycles. The van der Waals surface area contributed by atoms with Crippen molar-refractivity contribution < 1.29 is 0 Å². The van der Waals surface area contributed by atoms with Crippen LogP contribution in [0.2, 0.25) is 0 Å². The molecule has 0 fully saturated rings. The lowest BCUT2D eigenvalue weighted by Crippen LogP contribution is -1.96. The van der Waals surface area contributed by atoms with Crippen molar-refractivity contribution in [2.75, 3.05) is 0 Å². The number of benzene rings is 2. The minimum absolute atomic E-state index is 0.994. The number of para-hydroxylation sites is 1. The Balaban J connectivity index is 1.68. The van der Waals surface area contributed by atoms with Gasteiger partial charge in [-0.05, 0) is 24.1 Å². The molecule has 0 N–H and O–H groups in total. The third kappa shape index (κ3) is 3.23. The van der Waals surface area contributed by atoms with E-state index in [1.54, 1.807) is 0 Å². The Morgan fingerprint density at radius 1 is 1.11 bits per heavy atom. The molecule has 0 aromatic heterocycles. The molecule has 0 aliphatic carbocycles. The van der Waals surface area contributed by atoms with Gasteiger partial charge in [0, 0.05) is 11.5 Å². The summed E-state index contributed by atoms with van der Waals surface area (Å²) in [5.74, 6) is 2.03. The zero-order valence-electron chi connectivity index (χ0n) is 10.8. The molecule has 2 aromatic carbocycles. The molecule has 0 unspecified atom stereocenters. The van der Waals surface area contributed by atoms with Gasteiger partial charge in [-0.2, -0.15) is 0 Å². The molecule has 0 bridgehead atoms. The molecule has 0 saturated carbocycles. The highest BCUT2D eigenvalue weighted by molar-refractivity contribution is 8.38. The highest BCUT2D eigenvalue weighted by Gasteiger charge is 2.12. The number of fused-ring (bicyclic) bond motifs is 1. The highest BCUT2D eigenvalue weighted by atomic mass is 32.2. The van der Waals surface area contributed by atoms with Gasteiger partial charge in [-0.15, -0.1) is 0 Å². The topological polar surface area (TPSA) is 12.4 Å². The van der Waals surface area contributed by atoms with Crippen LogP contribution in [0.4, 0.5) is 5.69 Å².